The van der Waals surface area contributed by atoms with E-state index < -0.39 is 0 Å². The van der Waals surface area contributed by atoms with Crippen LogP contribution in [-0.2, 0) is 0 Å². The van der Waals surface area contributed by atoms with Gasteiger partial charge in [-0.25, -0.2) is 4.98 Å². The molecule has 2 heterocycles. The molecule has 0 aliphatic carbocycles. The van der Waals surface area contributed by atoms with Crippen LogP contribution in [0.2, 0.25) is 0 Å². The summed E-state index contributed by atoms with van der Waals surface area (Å²) in [4.78, 5) is 6.21. The molecule has 0 saturated heterocycles. The summed E-state index contributed by atoms with van der Waals surface area (Å²) in [5, 5.41) is 17.4. The van der Waals surface area contributed by atoms with Crippen molar-refractivity contribution in [1.29, 1.82) is 5.26 Å². The number of rotatable bonds is 2. The summed E-state index contributed by atoms with van der Waals surface area (Å²) < 4.78 is 1.87. The zero-order valence-electron chi connectivity index (χ0n) is 11.1. The third kappa shape index (κ3) is 1.77. The molecule has 6 heteroatoms. The summed E-state index contributed by atoms with van der Waals surface area (Å²) in [6.45, 7) is 1.88. The van der Waals surface area contributed by atoms with Crippen molar-refractivity contribution in [3.05, 3.63) is 48.0 Å². The summed E-state index contributed by atoms with van der Waals surface area (Å²) in [5.74, 6) is 1.46. The van der Waals surface area contributed by atoms with Crippen LogP contribution in [0.4, 0.5) is 11.5 Å². The molecule has 1 aromatic carbocycles. The molecule has 0 aliphatic rings. The van der Waals surface area contributed by atoms with Gasteiger partial charge in [0.25, 0.3) is 0 Å². The second-order valence-electron chi connectivity index (χ2n) is 4.38. The van der Waals surface area contributed by atoms with Gasteiger partial charge >= 0.3 is 0 Å². The number of fused-ring (bicyclic) bond motifs is 1. The van der Waals surface area contributed by atoms with Gasteiger partial charge in [0.15, 0.2) is 5.82 Å². The van der Waals surface area contributed by atoms with Gasteiger partial charge in [-0.2, -0.15) is 5.26 Å². The molecule has 0 bridgehead atoms. The standard InChI is InChI=1S/C14H12N6/c1-10-17-18-14-13(16-7-8-20(10)14)19(2)12-6-4-3-5-11(12)9-15/h3-8H,1-2H3. The largest absolute Gasteiger partial charge is 0.325 e. The Hall–Kier alpha value is -2.94. The van der Waals surface area contributed by atoms with E-state index in [2.05, 4.69) is 21.3 Å². The number of nitrogens with zero attached hydrogens (tertiary/aromatic N) is 6. The van der Waals surface area contributed by atoms with Crippen LogP contribution in [0.1, 0.15) is 11.4 Å². The van der Waals surface area contributed by atoms with Crippen molar-refractivity contribution >= 4 is 17.2 Å². The van der Waals surface area contributed by atoms with Crippen molar-refractivity contribution in [3.63, 3.8) is 0 Å². The lowest BCUT2D eigenvalue weighted by atomic mass is 10.2. The van der Waals surface area contributed by atoms with Gasteiger partial charge in [0.2, 0.25) is 5.65 Å². The van der Waals surface area contributed by atoms with Crippen molar-refractivity contribution in [2.45, 2.75) is 6.92 Å². The molecule has 2 aromatic heterocycles. The summed E-state index contributed by atoms with van der Waals surface area (Å²) >= 11 is 0. The van der Waals surface area contributed by atoms with Crippen LogP contribution in [0.3, 0.4) is 0 Å². The zero-order chi connectivity index (χ0) is 14.1. The Morgan fingerprint density at radius 3 is 2.85 bits per heavy atom. The van der Waals surface area contributed by atoms with Crippen LogP contribution in [0.25, 0.3) is 5.65 Å². The molecule has 3 rings (SSSR count). The molecule has 3 aromatic rings. The van der Waals surface area contributed by atoms with Crippen LogP contribution in [0, 0.1) is 18.3 Å². The van der Waals surface area contributed by atoms with Crippen molar-refractivity contribution in [2.24, 2.45) is 0 Å². The third-order valence-corrected chi connectivity index (χ3v) is 3.18. The highest BCUT2D eigenvalue weighted by molar-refractivity contribution is 5.74. The number of nitriles is 1. The van der Waals surface area contributed by atoms with Crippen LogP contribution >= 0.6 is 0 Å². The smallest absolute Gasteiger partial charge is 0.204 e. The van der Waals surface area contributed by atoms with Gasteiger partial charge in [-0.1, -0.05) is 12.1 Å². The van der Waals surface area contributed by atoms with E-state index >= 15 is 0 Å². The van der Waals surface area contributed by atoms with Crippen LogP contribution in [-0.4, -0.2) is 26.6 Å². The molecule has 0 fully saturated rings. The van der Waals surface area contributed by atoms with Gasteiger partial charge in [0.05, 0.1) is 11.3 Å². The maximum Gasteiger partial charge on any atom is 0.204 e. The summed E-state index contributed by atoms with van der Waals surface area (Å²) in [6, 6.07) is 9.58. The van der Waals surface area contributed by atoms with E-state index in [1.165, 1.54) is 0 Å². The van der Waals surface area contributed by atoms with E-state index in [4.69, 9.17) is 0 Å². The molecule has 20 heavy (non-hydrogen) atoms. The Kier molecular flexibility index (Phi) is 2.80. The number of anilines is 2. The van der Waals surface area contributed by atoms with Gasteiger partial charge in [-0.3, -0.25) is 4.40 Å². The fraction of sp³-hybridized carbons (Fsp3) is 0.143. The number of benzene rings is 1. The number of hydrogen-bond donors (Lipinski definition) is 0. The predicted octanol–water partition coefficient (Wildman–Crippen LogP) is 2.07. The van der Waals surface area contributed by atoms with E-state index in [0.717, 1.165) is 11.5 Å². The fourth-order valence-corrected chi connectivity index (χ4v) is 2.14. The molecule has 0 N–H and O–H groups in total. The Labute approximate surface area is 115 Å². The van der Waals surface area contributed by atoms with Crippen LogP contribution < -0.4 is 4.90 Å². The summed E-state index contributed by atoms with van der Waals surface area (Å²) in [5.41, 5.74) is 2.05. The highest BCUT2D eigenvalue weighted by Crippen LogP contribution is 2.27. The van der Waals surface area contributed by atoms with Gasteiger partial charge in [-0.15, -0.1) is 10.2 Å². The highest BCUT2D eigenvalue weighted by atomic mass is 15.3. The van der Waals surface area contributed by atoms with E-state index in [-0.39, 0.29) is 0 Å². The number of hydrogen-bond acceptors (Lipinski definition) is 5. The lowest BCUT2D eigenvalue weighted by Crippen LogP contribution is -2.14. The lowest BCUT2D eigenvalue weighted by molar-refractivity contribution is 0.998. The first-order valence-corrected chi connectivity index (χ1v) is 6.11. The summed E-state index contributed by atoms with van der Waals surface area (Å²) in [7, 11) is 1.86. The molecule has 0 amide bonds. The average molecular weight is 264 g/mol. The van der Waals surface area contributed by atoms with Crippen molar-refractivity contribution in [2.75, 3.05) is 11.9 Å². The third-order valence-electron chi connectivity index (χ3n) is 3.18. The number of aromatic nitrogens is 4. The first kappa shape index (κ1) is 12.1. The highest BCUT2D eigenvalue weighted by Gasteiger charge is 2.15. The van der Waals surface area contributed by atoms with Crippen molar-refractivity contribution in [1.82, 2.24) is 19.6 Å². The molecule has 0 aliphatic heterocycles. The second-order valence-corrected chi connectivity index (χ2v) is 4.38. The first-order chi connectivity index (χ1) is 9.72. The first-order valence-electron chi connectivity index (χ1n) is 6.11. The minimum atomic E-state index is 0.593. The maximum atomic E-state index is 9.20. The SMILES string of the molecule is Cc1nnc2c(N(C)c3ccccc3C#N)nccn12. The quantitative estimate of drug-likeness (QED) is 0.708. The van der Waals surface area contributed by atoms with Crippen LogP contribution in [0.15, 0.2) is 36.7 Å². The Morgan fingerprint density at radius 1 is 1.25 bits per heavy atom. The average Bonchev–Trinajstić information content (AvgIpc) is 2.88. The molecule has 0 saturated carbocycles. The van der Waals surface area contributed by atoms with Crippen LogP contribution in [0.5, 0.6) is 0 Å². The topological polar surface area (TPSA) is 70.1 Å². The number of aryl methyl sites for hydroxylation is 1. The van der Waals surface area contributed by atoms with Gasteiger partial charge in [0, 0.05) is 19.4 Å². The Bertz CT molecular complexity index is 814. The van der Waals surface area contributed by atoms with E-state index in [9.17, 15) is 5.26 Å². The molecule has 0 radical (unpaired) electrons. The Morgan fingerprint density at radius 2 is 2.05 bits per heavy atom. The van der Waals surface area contributed by atoms with E-state index in [0.29, 0.717) is 17.0 Å². The molecule has 0 atom stereocenters. The second kappa shape index (κ2) is 4.63. The molecular formula is C14H12N6. The van der Waals surface area contributed by atoms with Gasteiger partial charge in [-0.05, 0) is 19.1 Å². The van der Waals surface area contributed by atoms with Gasteiger partial charge < -0.3 is 4.90 Å². The Balaban J connectivity index is 2.18. The molecule has 6 nitrogen and oxygen atoms in total. The van der Waals surface area contributed by atoms with Crippen molar-refractivity contribution in [3.8, 4) is 6.07 Å². The minimum absolute atomic E-state index is 0.593. The van der Waals surface area contributed by atoms with E-state index in [1.54, 1.807) is 12.3 Å². The number of para-hydroxylation sites is 1. The minimum Gasteiger partial charge on any atom is -0.325 e. The normalized spacial score (nSPS) is 10.4. The fourth-order valence-electron chi connectivity index (χ4n) is 2.14. The van der Waals surface area contributed by atoms with E-state index in [1.807, 2.05) is 47.7 Å². The molecule has 0 unspecified atom stereocenters. The zero-order valence-corrected chi connectivity index (χ0v) is 11.1. The molecular weight excluding hydrogens is 252 g/mol. The lowest BCUT2D eigenvalue weighted by Gasteiger charge is -2.19. The summed E-state index contributed by atoms with van der Waals surface area (Å²) in [6.07, 6.45) is 3.52. The molecule has 98 valence electrons. The van der Waals surface area contributed by atoms with Gasteiger partial charge in [0.1, 0.15) is 11.9 Å². The maximum absolute atomic E-state index is 9.20. The molecule has 0 spiro atoms. The predicted molar refractivity (Wildman–Crippen MR) is 74.7 cm³/mol. The monoisotopic (exact) mass is 264 g/mol. The van der Waals surface area contributed by atoms with Crippen molar-refractivity contribution < 1.29 is 0 Å².